The Balaban J connectivity index is 1.40. The largest absolute Gasteiger partial charge is 0.490 e. The van der Waals surface area contributed by atoms with Gasteiger partial charge in [-0.15, -0.1) is 0 Å². The first-order chi connectivity index (χ1) is 13.1. The third kappa shape index (κ3) is 3.80. The number of nitrogens with zero attached hydrogens (tertiary/aromatic N) is 2. The Labute approximate surface area is 159 Å². The lowest BCUT2D eigenvalue weighted by Crippen LogP contribution is -2.42. The molecule has 2 aromatic carbocycles. The molecule has 1 amide bonds. The van der Waals surface area contributed by atoms with Crippen LogP contribution < -0.4 is 4.74 Å². The molecule has 0 radical (unpaired) electrons. The molecule has 0 bridgehead atoms. The number of aryl methyl sites for hydroxylation is 2. The van der Waals surface area contributed by atoms with Gasteiger partial charge in [-0.1, -0.05) is 36.4 Å². The third-order valence-electron chi connectivity index (χ3n) is 5.18. The van der Waals surface area contributed by atoms with Crippen LogP contribution in [0.25, 0.3) is 10.9 Å². The normalized spacial score (nSPS) is 15.1. The van der Waals surface area contributed by atoms with Gasteiger partial charge in [0.2, 0.25) is 0 Å². The van der Waals surface area contributed by atoms with Crippen molar-refractivity contribution in [2.75, 3.05) is 13.1 Å². The molecule has 0 aliphatic carbocycles. The molecule has 0 atom stereocenters. The second-order valence-electron chi connectivity index (χ2n) is 7.27. The van der Waals surface area contributed by atoms with Crippen molar-refractivity contribution in [1.29, 1.82) is 0 Å². The first-order valence-electron chi connectivity index (χ1n) is 9.49. The minimum absolute atomic E-state index is 0.00550. The summed E-state index contributed by atoms with van der Waals surface area (Å²) in [7, 11) is 0. The number of pyridine rings is 1. The Morgan fingerprint density at radius 3 is 2.63 bits per heavy atom. The topological polar surface area (TPSA) is 42.4 Å². The maximum atomic E-state index is 12.8. The Morgan fingerprint density at radius 2 is 1.81 bits per heavy atom. The number of piperidine rings is 1. The van der Waals surface area contributed by atoms with Crippen molar-refractivity contribution in [3.8, 4) is 5.75 Å². The van der Waals surface area contributed by atoms with Gasteiger partial charge < -0.3 is 9.64 Å². The van der Waals surface area contributed by atoms with Crippen molar-refractivity contribution in [3.05, 3.63) is 71.4 Å². The first kappa shape index (κ1) is 17.5. The summed E-state index contributed by atoms with van der Waals surface area (Å²) < 4.78 is 6.20. The van der Waals surface area contributed by atoms with Gasteiger partial charge in [-0.05, 0) is 43.2 Å². The molecule has 0 N–H and O–H groups in total. The van der Waals surface area contributed by atoms with E-state index in [1.165, 1.54) is 5.56 Å². The zero-order valence-corrected chi connectivity index (χ0v) is 15.8. The van der Waals surface area contributed by atoms with E-state index in [0.29, 0.717) is 18.8 Å². The summed E-state index contributed by atoms with van der Waals surface area (Å²) in [6, 6.07) is 17.9. The summed E-state index contributed by atoms with van der Waals surface area (Å²) in [6.45, 7) is 5.54. The lowest BCUT2D eigenvalue weighted by atomic mass is 10.1. The predicted octanol–water partition coefficient (Wildman–Crippen LogP) is 4.54. The first-order valence-corrected chi connectivity index (χ1v) is 9.49. The number of hydrogen-bond donors (Lipinski definition) is 0. The van der Waals surface area contributed by atoms with Crippen LogP contribution in [0.5, 0.6) is 5.75 Å². The van der Waals surface area contributed by atoms with E-state index < -0.39 is 0 Å². The van der Waals surface area contributed by atoms with Crippen LogP contribution in [0.3, 0.4) is 0 Å². The summed E-state index contributed by atoms with van der Waals surface area (Å²) in [6.07, 6.45) is 1.83. The molecule has 2 heterocycles. The van der Waals surface area contributed by atoms with Crippen LogP contribution in [0, 0.1) is 13.8 Å². The lowest BCUT2D eigenvalue weighted by molar-refractivity contribution is 0.0589. The monoisotopic (exact) mass is 360 g/mol. The fourth-order valence-electron chi connectivity index (χ4n) is 3.54. The molecular weight excluding hydrogens is 336 g/mol. The van der Waals surface area contributed by atoms with E-state index in [9.17, 15) is 4.79 Å². The van der Waals surface area contributed by atoms with Crippen LogP contribution in [-0.4, -0.2) is 35.0 Å². The molecule has 1 aliphatic heterocycles. The number of rotatable bonds is 3. The van der Waals surface area contributed by atoms with Crippen LogP contribution in [0.15, 0.2) is 54.6 Å². The molecule has 0 spiro atoms. The Kier molecular flexibility index (Phi) is 4.80. The lowest BCUT2D eigenvalue weighted by Gasteiger charge is -2.32. The van der Waals surface area contributed by atoms with Gasteiger partial charge in [0.1, 0.15) is 17.5 Å². The molecular formula is C23H24N2O2. The number of ether oxygens (including phenoxy) is 1. The number of amides is 1. The quantitative estimate of drug-likeness (QED) is 0.689. The summed E-state index contributed by atoms with van der Waals surface area (Å²) >= 11 is 0. The van der Waals surface area contributed by atoms with Crippen molar-refractivity contribution in [2.24, 2.45) is 0 Å². The molecule has 1 aliphatic rings. The minimum Gasteiger partial charge on any atom is -0.490 e. The van der Waals surface area contributed by atoms with E-state index in [4.69, 9.17) is 4.74 Å². The van der Waals surface area contributed by atoms with Crippen molar-refractivity contribution in [1.82, 2.24) is 9.88 Å². The summed E-state index contributed by atoms with van der Waals surface area (Å²) in [5, 5.41) is 1.05. The molecule has 0 saturated carbocycles. The Bertz CT molecular complexity index is 975. The second-order valence-corrected chi connectivity index (χ2v) is 7.27. The van der Waals surface area contributed by atoms with Gasteiger partial charge >= 0.3 is 0 Å². The van der Waals surface area contributed by atoms with Crippen LogP contribution in [0.1, 0.15) is 34.5 Å². The molecule has 138 valence electrons. The maximum absolute atomic E-state index is 12.8. The van der Waals surface area contributed by atoms with Crippen molar-refractivity contribution < 1.29 is 9.53 Å². The van der Waals surface area contributed by atoms with Crippen LogP contribution in [-0.2, 0) is 0 Å². The van der Waals surface area contributed by atoms with Gasteiger partial charge in [0, 0.05) is 31.3 Å². The average Bonchev–Trinajstić information content (AvgIpc) is 2.70. The molecule has 4 nitrogen and oxygen atoms in total. The standard InChI is InChI=1S/C23H24N2O2/c1-16-7-8-17(2)22(15-16)27-19-11-13-25(14-12-19)23(26)21-10-9-18-5-3-4-6-20(18)24-21/h3-10,15,19H,11-14H2,1-2H3. The van der Waals surface area contributed by atoms with Crippen molar-refractivity contribution >= 4 is 16.8 Å². The molecule has 3 aromatic rings. The van der Waals surface area contributed by atoms with E-state index >= 15 is 0 Å². The molecule has 1 saturated heterocycles. The number of aromatic nitrogens is 1. The number of hydrogen-bond acceptors (Lipinski definition) is 3. The highest BCUT2D eigenvalue weighted by atomic mass is 16.5. The number of carbonyl (C=O) groups excluding carboxylic acids is 1. The van der Waals surface area contributed by atoms with E-state index in [-0.39, 0.29) is 12.0 Å². The van der Waals surface area contributed by atoms with Gasteiger partial charge in [0.15, 0.2) is 0 Å². The van der Waals surface area contributed by atoms with Gasteiger partial charge in [0.05, 0.1) is 5.52 Å². The maximum Gasteiger partial charge on any atom is 0.272 e. The number of likely N-dealkylation sites (tertiary alicyclic amines) is 1. The molecule has 4 heteroatoms. The zero-order chi connectivity index (χ0) is 18.8. The fourth-order valence-corrected chi connectivity index (χ4v) is 3.54. The number of fused-ring (bicyclic) bond motifs is 1. The molecule has 1 aromatic heterocycles. The SMILES string of the molecule is Cc1ccc(C)c(OC2CCN(C(=O)c3ccc4ccccc4n3)CC2)c1. The summed E-state index contributed by atoms with van der Waals surface area (Å²) in [5.41, 5.74) is 3.73. The van der Waals surface area contributed by atoms with Gasteiger partial charge in [0.25, 0.3) is 5.91 Å². The third-order valence-corrected chi connectivity index (χ3v) is 5.18. The summed E-state index contributed by atoms with van der Waals surface area (Å²) in [5.74, 6) is 0.960. The van der Waals surface area contributed by atoms with E-state index in [1.807, 2.05) is 41.3 Å². The Morgan fingerprint density at radius 1 is 1.04 bits per heavy atom. The number of para-hydroxylation sites is 1. The molecule has 27 heavy (non-hydrogen) atoms. The number of benzene rings is 2. The van der Waals surface area contributed by atoms with E-state index in [1.54, 1.807) is 0 Å². The fraction of sp³-hybridized carbons (Fsp3) is 0.304. The smallest absolute Gasteiger partial charge is 0.272 e. The van der Waals surface area contributed by atoms with Crippen molar-refractivity contribution in [3.63, 3.8) is 0 Å². The minimum atomic E-state index is 0.00550. The zero-order valence-electron chi connectivity index (χ0n) is 15.8. The molecule has 4 rings (SSSR count). The predicted molar refractivity (Wildman–Crippen MR) is 107 cm³/mol. The van der Waals surface area contributed by atoms with Crippen LogP contribution in [0.2, 0.25) is 0 Å². The van der Waals surface area contributed by atoms with E-state index in [0.717, 1.165) is 35.1 Å². The highest BCUT2D eigenvalue weighted by molar-refractivity contribution is 5.95. The Hall–Kier alpha value is -2.88. The van der Waals surface area contributed by atoms with Gasteiger partial charge in [-0.25, -0.2) is 4.98 Å². The van der Waals surface area contributed by atoms with Crippen molar-refractivity contribution in [2.45, 2.75) is 32.8 Å². The number of carbonyl (C=O) groups is 1. The van der Waals surface area contributed by atoms with Crippen LogP contribution in [0.4, 0.5) is 0 Å². The van der Waals surface area contributed by atoms with Gasteiger partial charge in [-0.3, -0.25) is 4.79 Å². The highest BCUT2D eigenvalue weighted by Crippen LogP contribution is 2.24. The molecule has 0 unspecified atom stereocenters. The van der Waals surface area contributed by atoms with Gasteiger partial charge in [-0.2, -0.15) is 0 Å². The van der Waals surface area contributed by atoms with E-state index in [2.05, 4.69) is 37.0 Å². The molecule has 1 fully saturated rings. The van der Waals surface area contributed by atoms with Crippen LogP contribution >= 0.6 is 0 Å². The summed E-state index contributed by atoms with van der Waals surface area (Å²) in [4.78, 5) is 19.3. The highest BCUT2D eigenvalue weighted by Gasteiger charge is 2.25. The second kappa shape index (κ2) is 7.39. The average molecular weight is 360 g/mol.